The molecule has 0 spiro atoms. The molecule has 1 saturated heterocycles. The van der Waals surface area contributed by atoms with Gasteiger partial charge in [-0.05, 0) is 63.0 Å². The first-order chi connectivity index (χ1) is 12.7. The van der Waals surface area contributed by atoms with Crippen molar-refractivity contribution in [3.05, 3.63) is 28.3 Å². The lowest BCUT2D eigenvalue weighted by atomic mass is 9.73. The molecule has 0 amide bonds. The molecule has 1 saturated carbocycles. The van der Waals surface area contributed by atoms with Crippen LogP contribution in [0.15, 0.2) is 22.8 Å². The molecule has 27 heavy (non-hydrogen) atoms. The van der Waals surface area contributed by atoms with E-state index in [2.05, 4.69) is 43.1 Å². The minimum atomic E-state index is -0.539. The summed E-state index contributed by atoms with van der Waals surface area (Å²) in [6.45, 7) is 11.9. The van der Waals surface area contributed by atoms with Gasteiger partial charge in [0.2, 0.25) is 0 Å². The molecule has 148 valence electrons. The summed E-state index contributed by atoms with van der Waals surface area (Å²) in [5, 5.41) is 15.0. The highest BCUT2D eigenvalue weighted by molar-refractivity contribution is 7.16. The first-order valence-corrected chi connectivity index (χ1v) is 11.1. The third-order valence-corrected chi connectivity index (χ3v) is 7.53. The zero-order valence-electron chi connectivity index (χ0n) is 17.1. The Labute approximate surface area is 167 Å². The number of rotatable bonds is 3. The fourth-order valence-corrected chi connectivity index (χ4v) is 5.87. The molecule has 4 rings (SSSR count). The van der Waals surface area contributed by atoms with Gasteiger partial charge in [-0.3, -0.25) is 9.89 Å². The van der Waals surface area contributed by atoms with Crippen LogP contribution in [0.3, 0.4) is 0 Å². The Morgan fingerprint density at radius 3 is 2.63 bits per heavy atom. The number of β-amino-alcohol motifs (C(OH)–C–C–N with tert-alkyl or cyclic N) is 1. The highest BCUT2D eigenvalue weighted by Gasteiger charge is 2.37. The molecule has 1 aliphatic carbocycles. The number of aliphatic imine (C=N–C) groups is 1. The van der Waals surface area contributed by atoms with Crippen LogP contribution in [-0.2, 0) is 0 Å². The number of hydrogen-bond acceptors (Lipinski definition) is 5. The van der Waals surface area contributed by atoms with Crippen molar-refractivity contribution in [3.8, 4) is 0 Å². The summed E-state index contributed by atoms with van der Waals surface area (Å²) in [4.78, 5) is 8.76. The van der Waals surface area contributed by atoms with E-state index >= 15 is 0 Å². The van der Waals surface area contributed by atoms with Crippen LogP contribution in [-0.4, -0.2) is 47.5 Å². The summed E-state index contributed by atoms with van der Waals surface area (Å²) in [7, 11) is 0. The largest absolute Gasteiger partial charge is 0.388 e. The number of thiophene rings is 1. The predicted octanol–water partition coefficient (Wildman–Crippen LogP) is 4.62. The average molecular weight is 388 g/mol. The smallest absolute Gasteiger partial charge is 0.0980 e. The van der Waals surface area contributed by atoms with Crippen LogP contribution in [0, 0.1) is 5.41 Å². The minimum absolute atomic E-state index is 0.503. The van der Waals surface area contributed by atoms with Crippen LogP contribution in [0.2, 0.25) is 0 Å². The van der Waals surface area contributed by atoms with E-state index in [1.807, 2.05) is 18.3 Å². The average Bonchev–Trinajstić information content (AvgIpc) is 2.94. The summed E-state index contributed by atoms with van der Waals surface area (Å²) >= 11 is 1.93. The van der Waals surface area contributed by atoms with E-state index in [1.54, 1.807) is 0 Å². The van der Waals surface area contributed by atoms with Crippen molar-refractivity contribution < 1.29 is 5.11 Å². The lowest BCUT2D eigenvalue weighted by Crippen LogP contribution is -2.60. The maximum absolute atomic E-state index is 10.1. The number of likely N-dealkylation sites (tertiary alicyclic amines) is 1. The van der Waals surface area contributed by atoms with Gasteiger partial charge in [0.05, 0.1) is 16.3 Å². The van der Waals surface area contributed by atoms with Gasteiger partial charge in [-0.2, -0.15) is 0 Å². The Morgan fingerprint density at radius 1 is 1.26 bits per heavy atom. The van der Waals surface area contributed by atoms with Crippen molar-refractivity contribution in [2.45, 2.75) is 64.9 Å². The lowest BCUT2D eigenvalue weighted by Gasteiger charge is -2.44. The number of nitrogens with zero attached hydrogens (tertiary/aromatic N) is 2. The fourth-order valence-electron chi connectivity index (χ4n) is 4.61. The first kappa shape index (κ1) is 19.2. The molecule has 1 aromatic heterocycles. The zero-order chi connectivity index (χ0) is 19.2. The SMILES string of the molecule is CC1=C\CNc2sc(C3CCC(C)(C)CC3)cc2/C(CN2CC(C)(O)C2)=N\1. The van der Waals surface area contributed by atoms with E-state index in [0.29, 0.717) is 11.3 Å². The van der Waals surface area contributed by atoms with Gasteiger partial charge in [-0.25, -0.2) is 0 Å². The second-order valence-corrected chi connectivity index (χ2v) is 10.8. The summed E-state index contributed by atoms with van der Waals surface area (Å²) in [6.07, 6.45) is 7.39. The summed E-state index contributed by atoms with van der Waals surface area (Å²) < 4.78 is 0. The van der Waals surface area contributed by atoms with Crippen molar-refractivity contribution in [1.82, 2.24) is 4.90 Å². The van der Waals surface area contributed by atoms with Gasteiger partial charge >= 0.3 is 0 Å². The molecule has 0 aromatic carbocycles. The molecule has 2 N–H and O–H groups in total. The maximum Gasteiger partial charge on any atom is 0.0980 e. The van der Waals surface area contributed by atoms with E-state index < -0.39 is 5.60 Å². The van der Waals surface area contributed by atoms with Crippen molar-refractivity contribution in [2.75, 3.05) is 31.5 Å². The number of anilines is 1. The van der Waals surface area contributed by atoms with Gasteiger partial charge in [-0.15, -0.1) is 11.3 Å². The van der Waals surface area contributed by atoms with E-state index in [1.165, 1.54) is 41.1 Å². The second kappa shape index (κ2) is 7.02. The topological polar surface area (TPSA) is 47.9 Å². The first-order valence-electron chi connectivity index (χ1n) is 10.3. The fraction of sp³-hybridized carbons (Fsp3) is 0.682. The maximum atomic E-state index is 10.1. The summed E-state index contributed by atoms with van der Waals surface area (Å²) in [5.41, 5.74) is 3.45. The summed E-state index contributed by atoms with van der Waals surface area (Å²) in [6, 6.07) is 2.41. The summed E-state index contributed by atoms with van der Waals surface area (Å²) in [5.74, 6) is 0.693. The van der Waals surface area contributed by atoms with E-state index in [4.69, 9.17) is 4.99 Å². The Balaban J connectivity index is 1.57. The third kappa shape index (κ3) is 4.30. The quantitative estimate of drug-likeness (QED) is 0.796. The molecule has 4 nitrogen and oxygen atoms in total. The van der Waals surface area contributed by atoms with Crippen molar-refractivity contribution in [1.29, 1.82) is 0 Å². The number of allylic oxidation sites excluding steroid dienone is 1. The third-order valence-electron chi connectivity index (χ3n) is 6.28. The molecule has 2 fully saturated rings. The molecule has 0 atom stereocenters. The number of fused-ring (bicyclic) bond motifs is 1. The lowest BCUT2D eigenvalue weighted by molar-refractivity contribution is -0.0758. The molecule has 2 aliphatic heterocycles. The standard InChI is InChI=1S/C22H33N3OS/c1-15-7-10-23-20-17(18(24-15)12-25-13-22(4,26)14-25)11-19(27-20)16-5-8-21(2,3)9-6-16/h7,11,16,23,26H,5-6,8-10,12-14H2,1-4H3/b15-7+,24-18-. The van der Waals surface area contributed by atoms with Crippen LogP contribution < -0.4 is 5.32 Å². The van der Waals surface area contributed by atoms with Crippen molar-refractivity contribution in [2.24, 2.45) is 10.4 Å². The highest BCUT2D eigenvalue weighted by atomic mass is 32.1. The van der Waals surface area contributed by atoms with Crippen molar-refractivity contribution >= 4 is 22.0 Å². The Kier molecular flexibility index (Phi) is 4.98. The molecular weight excluding hydrogens is 354 g/mol. The molecule has 0 unspecified atom stereocenters. The van der Waals surface area contributed by atoms with Gasteiger partial charge in [0.25, 0.3) is 0 Å². The second-order valence-electron chi connectivity index (χ2n) is 9.76. The number of nitrogens with one attached hydrogen (secondary N) is 1. The van der Waals surface area contributed by atoms with Gasteiger partial charge < -0.3 is 10.4 Å². The Bertz CT molecular complexity index is 757. The van der Waals surface area contributed by atoms with Crippen LogP contribution in [0.5, 0.6) is 0 Å². The molecule has 1 aromatic rings. The van der Waals surface area contributed by atoms with Gasteiger partial charge in [0, 0.05) is 42.3 Å². The highest BCUT2D eigenvalue weighted by Crippen LogP contribution is 2.46. The zero-order valence-corrected chi connectivity index (χ0v) is 18.0. The number of hydrogen-bond donors (Lipinski definition) is 2. The predicted molar refractivity (Wildman–Crippen MR) is 115 cm³/mol. The Hall–Kier alpha value is -1.17. The van der Waals surface area contributed by atoms with Crippen LogP contribution in [0.1, 0.15) is 69.7 Å². The molecule has 0 bridgehead atoms. The molecule has 3 heterocycles. The molecular formula is C22H33N3OS. The number of aliphatic hydroxyl groups is 1. The van der Waals surface area contributed by atoms with Crippen molar-refractivity contribution in [3.63, 3.8) is 0 Å². The van der Waals surface area contributed by atoms with Crippen LogP contribution in [0.25, 0.3) is 0 Å². The van der Waals surface area contributed by atoms with Gasteiger partial charge in [-0.1, -0.05) is 13.8 Å². The van der Waals surface area contributed by atoms with E-state index in [9.17, 15) is 5.11 Å². The van der Waals surface area contributed by atoms with E-state index in [0.717, 1.165) is 37.6 Å². The Morgan fingerprint density at radius 2 is 1.96 bits per heavy atom. The van der Waals surface area contributed by atoms with Crippen LogP contribution in [0.4, 0.5) is 5.00 Å². The molecule has 5 heteroatoms. The minimum Gasteiger partial charge on any atom is -0.388 e. The molecule has 3 aliphatic rings. The van der Waals surface area contributed by atoms with E-state index in [-0.39, 0.29) is 0 Å². The molecule has 0 radical (unpaired) electrons. The van der Waals surface area contributed by atoms with Gasteiger partial charge in [0.15, 0.2) is 0 Å². The van der Waals surface area contributed by atoms with Crippen LogP contribution >= 0.6 is 11.3 Å². The van der Waals surface area contributed by atoms with Gasteiger partial charge in [0.1, 0.15) is 0 Å². The normalized spacial score (nSPS) is 29.2. The monoisotopic (exact) mass is 387 g/mol.